The highest BCUT2D eigenvalue weighted by Crippen LogP contribution is 2.26. The lowest BCUT2D eigenvalue weighted by molar-refractivity contribution is 0.301. The van der Waals surface area contributed by atoms with Crippen molar-refractivity contribution in [2.75, 3.05) is 30.3 Å². The molecule has 0 aromatic heterocycles. The molecule has 1 rings (SSSR count). The molecule has 0 amide bonds. The van der Waals surface area contributed by atoms with E-state index in [9.17, 15) is 13.5 Å². The van der Waals surface area contributed by atoms with Gasteiger partial charge in [0.2, 0.25) is 0 Å². The van der Waals surface area contributed by atoms with Crippen LogP contribution in [0.3, 0.4) is 0 Å². The lowest BCUT2D eigenvalue weighted by atomic mass is 10.2. The number of rotatable bonds is 9. The fourth-order valence-electron chi connectivity index (χ4n) is 2.18. The summed E-state index contributed by atoms with van der Waals surface area (Å²) in [5, 5.41) is 9.20. The third kappa shape index (κ3) is 4.49. The van der Waals surface area contributed by atoms with Crippen molar-refractivity contribution in [3.63, 3.8) is 0 Å². The minimum Gasteiger partial charge on any atom is -0.395 e. The van der Waals surface area contributed by atoms with Crippen LogP contribution >= 0.6 is 0 Å². The third-order valence-electron chi connectivity index (χ3n) is 3.17. The van der Waals surface area contributed by atoms with Gasteiger partial charge in [0.1, 0.15) is 0 Å². The summed E-state index contributed by atoms with van der Waals surface area (Å²) in [6, 6.07) is 7.09. The highest BCUT2D eigenvalue weighted by atomic mass is 32.2. The summed E-state index contributed by atoms with van der Waals surface area (Å²) in [5.41, 5.74) is 0.712. The number of aliphatic hydroxyl groups is 1. The quantitative estimate of drug-likeness (QED) is 0.761. The number of hydrogen-bond donors (Lipinski definition) is 1. The third-order valence-corrected chi connectivity index (χ3v) is 5.13. The van der Waals surface area contributed by atoms with Gasteiger partial charge in [-0.3, -0.25) is 0 Å². The van der Waals surface area contributed by atoms with Gasteiger partial charge in [0.05, 0.1) is 22.9 Å². The first-order chi connectivity index (χ1) is 9.56. The molecule has 0 unspecified atom stereocenters. The molecule has 0 atom stereocenters. The maximum absolute atomic E-state index is 12.3. The summed E-state index contributed by atoms with van der Waals surface area (Å²) in [5.74, 6) is 0.157. The van der Waals surface area contributed by atoms with Gasteiger partial charge in [-0.2, -0.15) is 0 Å². The average Bonchev–Trinajstić information content (AvgIpc) is 2.43. The molecule has 5 heteroatoms. The monoisotopic (exact) mass is 299 g/mol. The molecule has 1 N–H and O–H groups in total. The van der Waals surface area contributed by atoms with Gasteiger partial charge in [0, 0.05) is 13.1 Å². The van der Waals surface area contributed by atoms with Crippen LogP contribution in [0.4, 0.5) is 5.69 Å². The molecule has 20 heavy (non-hydrogen) atoms. The fourth-order valence-corrected chi connectivity index (χ4v) is 3.74. The van der Waals surface area contributed by atoms with Gasteiger partial charge in [-0.15, -0.1) is 0 Å². The topological polar surface area (TPSA) is 57.6 Å². The number of sulfone groups is 1. The summed E-state index contributed by atoms with van der Waals surface area (Å²) < 4.78 is 24.7. The van der Waals surface area contributed by atoms with E-state index < -0.39 is 9.84 Å². The number of aliphatic hydroxyl groups excluding tert-OH is 1. The Kier molecular flexibility index (Phi) is 7.02. The molecule has 114 valence electrons. The molecule has 1 aromatic rings. The number of anilines is 1. The summed E-state index contributed by atoms with van der Waals surface area (Å²) in [4.78, 5) is 2.35. The van der Waals surface area contributed by atoms with E-state index in [-0.39, 0.29) is 12.4 Å². The second-order valence-corrected chi connectivity index (χ2v) is 6.93. The van der Waals surface area contributed by atoms with E-state index in [4.69, 9.17) is 0 Å². The number of para-hydroxylation sites is 1. The van der Waals surface area contributed by atoms with Crippen LogP contribution in [0.5, 0.6) is 0 Å². The van der Waals surface area contributed by atoms with Crippen LogP contribution in [0, 0.1) is 0 Å². The molecule has 0 fully saturated rings. The van der Waals surface area contributed by atoms with E-state index in [1.165, 1.54) is 0 Å². The van der Waals surface area contributed by atoms with Crippen LogP contribution in [0.25, 0.3) is 0 Å². The molecule has 0 heterocycles. The number of benzene rings is 1. The maximum Gasteiger partial charge on any atom is 0.180 e. The standard InChI is InChI=1S/C15H25NO3S/c1-3-5-10-16(11-12-17)14-8-6-7-9-15(14)20(18,19)13-4-2/h6-9,17H,3-5,10-13H2,1-2H3. The summed E-state index contributed by atoms with van der Waals surface area (Å²) in [6.45, 7) is 5.19. The minimum absolute atomic E-state index is 0.0197. The van der Waals surface area contributed by atoms with Crippen molar-refractivity contribution in [3.05, 3.63) is 24.3 Å². The van der Waals surface area contributed by atoms with Crippen LogP contribution in [-0.4, -0.2) is 39.0 Å². The second-order valence-electron chi connectivity index (χ2n) is 4.85. The molecule has 0 bridgehead atoms. The Balaban J connectivity index is 3.15. The van der Waals surface area contributed by atoms with Gasteiger partial charge in [-0.25, -0.2) is 8.42 Å². The zero-order valence-electron chi connectivity index (χ0n) is 12.4. The molecular formula is C15H25NO3S. The van der Waals surface area contributed by atoms with E-state index in [0.717, 1.165) is 19.4 Å². The van der Waals surface area contributed by atoms with Crippen LogP contribution in [0.2, 0.25) is 0 Å². The first kappa shape index (κ1) is 17.0. The Morgan fingerprint density at radius 2 is 1.80 bits per heavy atom. The predicted octanol–water partition coefficient (Wildman–Crippen LogP) is 2.47. The number of nitrogens with zero attached hydrogens (tertiary/aromatic N) is 1. The van der Waals surface area contributed by atoms with E-state index >= 15 is 0 Å². The van der Waals surface area contributed by atoms with Crippen LogP contribution in [-0.2, 0) is 9.84 Å². The van der Waals surface area contributed by atoms with Crippen LogP contribution in [0.1, 0.15) is 33.1 Å². The smallest absolute Gasteiger partial charge is 0.180 e. The molecule has 4 nitrogen and oxygen atoms in total. The Labute approximate surface area is 122 Å². The predicted molar refractivity (Wildman–Crippen MR) is 83.0 cm³/mol. The van der Waals surface area contributed by atoms with Gasteiger partial charge < -0.3 is 10.0 Å². The van der Waals surface area contributed by atoms with Crippen LogP contribution in [0.15, 0.2) is 29.2 Å². The average molecular weight is 299 g/mol. The van der Waals surface area contributed by atoms with E-state index in [1.54, 1.807) is 12.1 Å². The Morgan fingerprint density at radius 1 is 1.10 bits per heavy atom. The van der Waals surface area contributed by atoms with Crippen molar-refractivity contribution in [2.45, 2.75) is 38.0 Å². The molecule has 0 spiro atoms. The molecule has 0 aliphatic heterocycles. The summed E-state index contributed by atoms with van der Waals surface area (Å²) in [7, 11) is -3.25. The van der Waals surface area contributed by atoms with E-state index in [2.05, 4.69) is 6.92 Å². The van der Waals surface area contributed by atoms with Crippen molar-refractivity contribution in [3.8, 4) is 0 Å². The fraction of sp³-hybridized carbons (Fsp3) is 0.600. The normalized spacial score (nSPS) is 11.6. The molecular weight excluding hydrogens is 274 g/mol. The molecule has 0 saturated heterocycles. The number of hydrogen-bond acceptors (Lipinski definition) is 4. The maximum atomic E-state index is 12.3. The second kappa shape index (κ2) is 8.27. The molecule has 0 radical (unpaired) electrons. The van der Waals surface area contributed by atoms with E-state index in [0.29, 0.717) is 23.5 Å². The first-order valence-electron chi connectivity index (χ1n) is 7.24. The van der Waals surface area contributed by atoms with Crippen molar-refractivity contribution in [1.82, 2.24) is 0 Å². The summed E-state index contributed by atoms with van der Waals surface area (Å²) >= 11 is 0. The highest BCUT2D eigenvalue weighted by Gasteiger charge is 2.20. The number of unbranched alkanes of at least 4 members (excludes halogenated alkanes) is 1. The van der Waals surface area contributed by atoms with Crippen LogP contribution < -0.4 is 4.90 Å². The summed E-state index contributed by atoms with van der Waals surface area (Å²) in [6.07, 6.45) is 2.61. The van der Waals surface area contributed by atoms with E-state index in [1.807, 2.05) is 24.0 Å². The Hall–Kier alpha value is -1.07. The van der Waals surface area contributed by atoms with Crippen molar-refractivity contribution >= 4 is 15.5 Å². The largest absolute Gasteiger partial charge is 0.395 e. The SMILES string of the molecule is CCCCN(CCO)c1ccccc1S(=O)(=O)CCC. The first-order valence-corrected chi connectivity index (χ1v) is 8.89. The van der Waals surface area contributed by atoms with Gasteiger partial charge in [-0.1, -0.05) is 32.4 Å². The van der Waals surface area contributed by atoms with Crippen molar-refractivity contribution in [2.24, 2.45) is 0 Å². The van der Waals surface area contributed by atoms with Crippen molar-refractivity contribution < 1.29 is 13.5 Å². The Bertz CT molecular complexity index is 500. The highest BCUT2D eigenvalue weighted by molar-refractivity contribution is 7.91. The van der Waals surface area contributed by atoms with Gasteiger partial charge in [-0.05, 0) is 25.0 Å². The lowest BCUT2D eigenvalue weighted by Gasteiger charge is -2.26. The van der Waals surface area contributed by atoms with Gasteiger partial charge in [0.15, 0.2) is 9.84 Å². The Morgan fingerprint density at radius 3 is 2.40 bits per heavy atom. The molecule has 0 aliphatic carbocycles. The molecule has 0 aliphatic rings. The molecule has 0 saturated carbocycles. The van der Waals surface area contributed by atoms with Gasteiger partial charge in [0.25, 0.3) is 0 Å². The van der Waals surface area contributed by atoms with Gasteiger partial charge >= 0.3 is 0 Å². The zero-order valence-corrected chi connectivity index (χ0v) is 13.2. The minimum atomic E-state index is -3.25. The van der Waals surface area contributed by atoms with Crippen molar-refractivity contribution in [1.29, 1.82) is 0 Å². The molecule has 1 aromatic carbocycles. The zero-order chi connectivity index (χ0) is 15.0. The lowest BCUT2D eigenvalue weighted by Crippen LogP contribution is -2.29.